The molecule has 1 rings (SSSR count). The third kappa shape index (κ3) is 1.18. The molecule has 0 unspecified atom stereocenters. The highest BCUT2D eigenvalue weighted by Crippen LogP contribution is 2.07. The van der Waals surface area contributed by atoms with Gasteiger partial charge in [0.2, 0.25) is 0 Å². The van der Waals surface area contributed by atoms with Crippen molar-refractivity contribution >= 4 is 5.97 Å². The van der Waals surface area contributed by atoms with Gasteiger partial charge in [0.05, 0.1) is 5.57 Å². The van der Waals surface area contributed by atoms with E-state index in [1.165, 1.54) is 0 Å². The number of carboxylic acid groups (broad SMARTS) is 1. The van der Waals surface area contributed by atoms with E-state index in [1.54, 1.807) is 19.2 Å². The summed E-state index contributed by atoms with van der Waals surface area (Å²) >= 11 is 0. The molecule has 0 aromatic rings. The van der Waals surface area contributed by atoms with Crippen molar-refractivity contribution in [3.63, 3.8) is 0 Å². The smallest absolute Gasteiger partial charge is 0.333 e. The second kappa shape index (κ2) is 2.56. The van der Waals surface area contributed by atoms with Crippen LogP contribution in [-0.2, 0) is 4.79 Å². The highest BCUT2D eigenvalue weighted by Gasteiger charge is 2.10. The molecular weight excluding hydrogens is 130 g/mol. The van der Waals surface area contributed by atoms with Gasteiger partial charge in [-0.3, -0.25) is 0 Å². The zero-order valence-electron chi connectivity index (χ0n) is 5.72. The zero-order valence-corrected chi connectivity index (χ0v) is 5.72. The molecule has 1 aliphatic rings. The van der Waals surface area contributed by atoms with Crippen LogP contribution in [0.2, 0.25) is 0 Å². The second-order valence-electron chi connectivity index (χ2n) is 2.18. The number of aliphatic carboxylic acids is 1. The maximum absolute atomic E-state index is 10.4. The van der Waals surface area contributed by atoms with Crippen molar-refractivity contribution in [2.45, 2.75) is 6.92 Å². The fourth-order valence-electron chi connectivity index (χ4n) is 0.829. The molecule has 0 aromatic heterocycles. The molecule has 0 amide bonds. The Bertz CT molecular complexity index is 216. The summed E-state index contributed by atoms with van der Waals surface area (Å²) in [5.74, 6) is -0.839. The number of dihydropyridines is 1. The fraction of sp³-hybridized carbons (Fsp3) is 0.286. The minimum Gasteiger partial charge on any atom is -0.478 e. The molecule has 0 fully saturated rings. The van der Waals surface area contributed by atoms with Crippen molar-refractivity contribution in [1.82, 2.24) is 5.32 Å². The molecule has 3 heteroatoms. The summed E-state index contributed by atoms with van der Waals surface area (Å²) in [6, 6.07) is 0. The SMILES string of the molecule is CC1=C(C(=O)O)CNC=C1. The van der Waals surface area contributed by atoms with Crippen LogP contribution in [0.5, 0.6) is 0 Å². The van der Waals surface area contributed by atoms with Crippen LogP contribution in [0.15, 0.2) is 23.4 Å². The van der Waals surface area contributed by atoms with Gasteiger partial charge in [0.15, 0.2) is 0 Å². The van der Waals surface area contributed by atoms with Gasteiger partial charge in [0.1, 0.15) is 0 Å². The minimum atomic E-state index is -0.839. The van der Waals surface area contributed by atoms with Gasteiger partial charge in [-0.2, -0.15) is 0 Å². The first-order chi connectivity index (χ1) is 4.72. The van der Waals surface area contributed by atoms with Crippen LogP contribution in [-0.4, -0.2) is 17.6 Å². The molecule has 0 radical (unpaired) electrons. The van der Waals surface area contributed by atoms with Crippen molar-refractivity contribution in [2.75, 3.05) is 6.54 Å². The largest absolute Gasteiger partial charge is 0.478 e. The molecule has 2 N–H and O–H groups in total. The molecule has 0 aliphatic carbocycles. The Hall–Kier alpha value is -1.25. The van der Waals surface area contributed by atoms with Gasteiger partial charge in [0, 0.05) is 6.54 Å². The molecule has 0 aromatic carbocycles. The lowest BCUT2D eigenvalue weighted by Crippen LogP contribution is -2.20. The number of carbonyl (C=O) groups is 1. The van der Waals surface area contributed by atoms with Crippen LogP contribution >= 0.6 is 0 Å². The van der Waals surface area contributed by atoms with E-state index in [0.717, 1.165) is 5.57 Å². The monoisotopic (exact) mass is 139 g/mol. The van der Waals surface area contributed by atoms with Gasteiger partial charge in [-0.05, 0) is 24.8 Å². The molecule has 0 saturated carbocycles. The number of carboxylic acids is 1. The van der Waals surface area contributed by atoms with Crippen LogP contribution in [0, 0.1) is 0 Å². The van der Waals surface area contributed by atoms with Gasteiger partial charge in [-0.15, -0.1) is 0 Å². The molecule has 10 heavy (non-hydrogen) atoms. The van der Waals surface area contributed by atoms with Gasteiger partial charge >= 0.3 is 5.97 Å². The molecule has 1 aliphatic heterocycles. The van der Waals surface area contributed by atoms with Crippen molar-refractivity contribution in [2.24, 2.45) is 0 Å². The Labute approximate surface area is 59.0 Å². The van der Waals surface area contributed by atoms with Crippen LogP contribution in [0.4, 0.5) is 0 Å². The Morgan fingerprint density at radius 1 is 1.80 bits per heavy atom. The number of nitrogens with one attached hydrogen (secondary N) is 1. The van der Waals surface area contributed by atoms with E-state index < -0.39 is 5.97 Å². The fourth-order valence-corrected chi connectivity index (χ4v) is 0.829. The summed E-state index contributed by atoms with van der Waals surface area (Å²) < 4.78 is 0. The highest BCUT2D eigenvalue weighted by atomic mass is 16.4. The normalized spacial score (nSPS) is 16.9. The lowest BCUT2D eigenvalue weighted by molar-refractivity contribution is -0.132. The van der Waals surface area contributed by atoms with Crippen molar-refractivity contribution in [3.05, 3.63) is 23.4 Å². The van der Waals surface area contributed by atoms with E-state index in [1.807, 2.05) is 0 Å². The predicted octanol–water partition coefficient (Wildman–Crippen LogP) is 0.504. The van der Waals surface area contributed by atoms with Crippen molar-refractivity contribution in [3.8, 4) is 0 Å². The topological polar surface area (TPSA) is 49.3 Å². The van der Waals surface area contributed by atoms with Crippen LogP contribution in [0.1, 0.15) is 6.92 Å². The summed E-state index contributed by atoms with van der Waals surface area (Å²) in [6.07, 6.45) is 3.51. The quantitative estimate of drug-likeness (QED) is 0.556. The average molecular weight is 139 g/mol. The summed E-state index contributed by atoms with van der Waals surface area (Å²) in [5.41, 5.74) is 1.27. The lowest BCUT2D eigenvalue weighted by Gasteiger charge is -2.09. The molecule has 0 bridgehead atoms. The first kappa shape index (κ1) is 6.86. The van der Waals surface area contributed by atoms with Crippen molar-refractivity contribution < 1.29 is 9.90 Å². The van der Waals surface area contributed by atoms with Crippen molar-refractivity contribution in [1.29, 1.82) is 0 Å². The van der Waals surface area contributed by atoms with E-state index in [9.17, 15) is 4.79 Å². The maximum Gasteiger partial charge on any atom is 0.333 e. The van der Waals surface area contributed by atoms with Crippen LogP contribution in [0.3, 0.4) is 0 Å². The molecule has 54 valence electrons. The molecule has 0 spiro atoms. The maximum atomic E-state index is 10.4. The van der Waals surface area contributed by atoms with E-state index in [2.05, 4.69) is 5.32 Å². The molecule has 3 nitrogen and oxygen atoms in total. The van der Waals surface area contributed by atoms with E-state index in [4.69, 9.17) is 5.11 Å². The van der Waals surface area contributed by atoms with Gasteiger partial charge in [0.25, 0.3) is 0 Å². The predicted molar refractivity (Wildman–Crippen MR) is 37.5 cm³/mol. The first-order valence-electron chi connectivity index (χ1n) is 3.05. The van der Waals surface area contributed by atoms with Crippen LogP contribution in [0.25, 0.3) is 0 Å². The Morgan fingerprint density at radius 2 is 2.50 bits per heavy atom. The van der Waals surface area contributed by atoms with E-state index in [-0.39, 0.29) is 0 Å². The van der Waals surface area contributed by atoms with E-state index in [0.29, 0.717) is 12.1 Å². The molecule has 0 atom stereocenters. The van der Waals surface area contributed by atoms with Gasteiger partial charge in [-0.25, -0.2) is 4.79 Å². The number of allylic oxidation sites excluding steroid dienone is 2. The first-order valence-corrected chi connectivity index (χ1v) is 3.05. The third-order valence-corrected chi connectivity index (χ3v) is 1.46. The number of hydrogen-bond donors (Lipinski definition) is 2. The number of rotatable bonds is 1. The van der Waals surface area contributed by atoms with Gasteiger partial charge in [-0.1, -0.05) is 0 Å². The molecular formula is C7H9NO2. The molecule has 1 heterocycles. The summed E-state index contributed by atoms with van der Waals surface area (Å²) in [5, 5.41) is 11.4. The summed E-state index contributed by atoms with van der Waals surface area (Å²) in [4.78, 5) is 10.4. The van der Waals surface area contributed by atoms with Crippen LogP contribution < -0.4 is 5.32 Å². The molecule has 0 saturated heterocycles. The Balaban J connectivity index is 2.89. The van der Waals surface area contributed by atoms with Gasteiger partial charge < -0.3 is 10.4 Å². The summed E-state index contributed by atoms with van der Waals surface area (Å²) in [6.45, 7) is 2.22. The van der Waals surface area contributed by atoms with E-state index >= 15 is 0 Å². The standard InChI is InChI=1S/C7H9NO2/c1-5-2-3-8-4-6(5)7(9)10/h2-3,8H,4H2,1H3,(H,9,10). The lowest BCUT2D eigenvalue weighted by atomic mass is 10.1. The highest BCUT2D eigenvalue weighted by molar-refractivity contribution is 5.88. The summed E-state index contributed by atoms with van der Waals surface area (Å²) in [7, 11) is 0. The second-order valence-corrected chi connectivity index (χ2v) is 2.18. The minimum absolute atomic E-state index is 0.428. The third-order valence-electron chi connectivity index (χ3n) is 1.46. The Morgan fingerprint density at radius 3 is 2.90 bits per heavy atom. The zero-order chi connectivity index (χ0) is 7.56. The average Bonchev–Trinajstić information content (AvgIpc) is 1.88. The Kier molecular flexibility index (Phi) is 1.76. The number of hydrogen-bond acceptors (Lipinski definition) is 2.